The Labute approximate surface area is 494 Å². The molecule has 3 N–H and O–H groups in total. The number of anilines is 1. The highest BCUT2D eigenvalue weighted by molar-refractivity contribution is 7.90. The number of unbranched alkanes of at least 4 members (excludes halogenated alkanes) is 1. The average molecular weight is 1190 g/mol. The molecule has 18 nitrogen and oxygen atoms in total. The molecule has 2 amide bonds. The molecule has 2 saturated carbocycles. The van der Waals surface area contributed by atoms with Gasteiger partial charge >= 0.3 is 0 Å². The number of fused-ring (bicyclic) bond motifs is 7. The Bertz CT molecular complexity index is 3520. The van der Waals surface area contributed by atoms with Crippen LogP contribution in [0.15, 0.2) is 107 Å². The highest BCUT2D eigenvalue weighted by atomic mass is 35.5. The number of halogens is 1. The molecule has 0 spiro atoms. The van der Waals surface area contributed by atoms with Gasteiger partial charge in [-0.15, -0.1) is 10.2 Å². The number of nitrogens with one attached hydrogen (secondary N) is 3. The van der Waals surface area contributed by atoms with Crippen LogP contribution in [-0.2, 0) is 32.9 Å². The first-order chi connectivity index (χ1) is 39.4. The highest BCUT2D eigenvalue weighted by Crippen LogP contribution is 2.49. The fourth-order valence-corrected chi connectivity index (χ4v) is 13.7. The van der Waals surface area contributed by atoms with Gasteiger partial charge in [0.25, 0.3) is 31.9 Å². The number of amides is 2. The normalized spacial score (nSPS) is 20.8. The minimum atomic E-state index is -4.09. The molecule has 2 atom stereocenters. The zero-order valence-corrected chi connectivity index (χ0v) is 51.0. The lowest BCUT2D eigenvalue weighted by Crippen LogP contribution is -2.41. The van der Waals surface area contributed by atoms with Crippen molar-refractivity contribution in [3.05, 3.63) is 125 Å². The summed E-state index contributed by atoms with van der Waals surface area (Å²) in [5.74, 6) is 1.99. The maximum absolute atomic E-state index is 13.6. The van der Waals surface area contributed by atoms with Crippen molar-refractivity contribution in [1.82, 2.24) is 44.3 Å². The Kier molecular flexibility index (Phi) is 17.5. The number of carbonyl (C=O) groups is 2. The SMILES string of the molecule is CC1(CCOc2ccn(-c3ccc(C(=O)NS(=O)(=O)c4ccc(CCCCC5CNC(C)(C)C5)cc4)c(Cl)n3)n2)CC1.CC1(CCOc2ccn(-c3ccc4c(n3)N3CC(CCCCc5ccc(cc5)S(=O)(=O)NC4=O)CC3(C)C)n2)CC1. The summed E-state index contributed by atoms with van der Waals surface area (Å²) < 4.78 is 71.3. The summed E-state index contributed by atoms with van der Waals surface area (Å²) in [7, 11) is -8.15. The third-order valence-corrected chi connectivity index (χ3v) is 20.3. The first kappa shape index (κ1) is 59.8. The van der Waals surface area contributed by atoms with Gasteiger partial charge in [0.1, 0.15) is 11.0 Å². The number of aryl methyl sites for hydroxylation is 2. The van der Waals surface area contributed by atoms with Crippen LogP contribution in [0.2, 0.25) is 5.15 Å². The van der Waals surface area contributed by atoms with Gasteiger partial charge in [-0.05, 0) is 206 Å². The molecular weight excluding hydrogens is 1110 g/mol. The quantitative estimate of drug-likeness (QED) is 0.0538. The summed E-state index contributed by atoms with van der Waals surface area (Å²) in [5.41, 5.74) is 3.11. The molecular formula is C62H79ClN10O8S2. The van der Waals surface area contributed by atoms with Crippen LogP contribution in [0.25, 0.3) is 11.6 Å². The number of hydrogen-bond donors (Lipinski definition) is 3. The molecule has 4 fully saturated rings. The standard InChI is InChI=1S/C31H40ClN5O4S.C31H39N5O4S/c1-30(2)20-23(21-33-30)7-5-4-6-22-8-10-24(11-9-22)42(39,40)36-29(38)25-12-13-26(34-28(25)32)37-18-14-27(35-37)41-19-17-31(3)15-16-31;1-30(2)20-23-7-5-4-6-22-8-10-24(11-9-22)41(38,39)34-29(37)25-12-13-26(32-28(25)35(30)21-23)36-18-14-27(33-36)40-19-17-31(3)15-16-31/h8-14,18,23,33H,4-7,15-17,19-21H2,1-3H3,(H,36,38);8-14,18,23H,4-7,15-17,19-21H2,1-3H3,(H,34,37). The second-order valence-corrected chi connectivity index (χ2v) is 29.3. The number of benzene rings is 2. The maximum atomic E-state index is 13.6. The van der Waals surface area contributed by atoms with E-state index in [1.807, 2.05) is 18.2 Å². The Morgan fingerprint density at radius 3 is 2.00 bits per heavy atom. The second-order valence-electron chi connectivity index (χ2n) is 25.5. The van der Waals surface area contributed by atoms with Crippen LogP contribution < -0.4 is 29.1 Å². The maximum Gasteiger partial charge on any atom is 0.268 e. The lowest BCUT2D eigenvalue weighted by atomic mass is 9.92. The number of ether oxygens (including phenoxy) is 2. The van der Waals surface area contributed by atoms with E-state index in [1.165, 1.54) is 61.4 Å². The Morgan fingerprint density at radius 2 is 1.40 bits per heavy atom. The fourth-order valence-electron chi connectivity index (χ4n) is 11.5. The van der Waals surface area contributed by atoms with E-state index in [4.69, 9.17) is 26.1 Å². The van der Waals surface area contributed by atoms with Crippen LogP contribution >= 0.6 is 11.6 Å². The van der Waals surface area contributed by atoms with E-state index in [-0.39, 0.29) is 37.1 Å². The number of carbonyl (C=O) groups excluding carboxylic acids is 2. The summed E-state index contributed by atoms with van der Waals surface area (Å²) >= 11 is 6.29. The molecule has 2 aromatic carbocycles. The van der Waals surface area contributed by atoms with E-state index in [0.29, 0.717) is 59.2 Å². The summed E-state index contributed by atoms with van der Waals surface area (Å²) in [5, 5.41) is 12.4. The minimum absolute atomic E-state index is 0.0133. The van der Waals surface area contributed by atoms with Gasteiger partial charge in [-0.3, -0.25) is 9.59 Å². The van der Waals surface area contributed by atoms with Crippen molar-refractivity contribution in [2.45, 2.75) is 165 Å². The van der Waals surface area contributed by atoms with E-state index >= 15 is 0 Å². The van der Waals surface area contributed by atoms with Crippen molar-refractivity contribution in [3.63, 3.8) is 0 Å². The van der Waals surface area contributed by atoms with Gasteiger partial charge in [-0.2, -0.15) is 0 Å². The Balaban J connectivity index is 0.000000185. The summed E-state index contributed by atoms with van der Waals surface area (Å²) in [6, 6.07) is 23.3. The zero-order chi connectivity index (χ0) is 58.8. The third kappa shape index (κ3) is 15.3. The molecule has 444 valence electrons. The highest BCUT2D eigenvalue weighted by Gasteiger charge is 2.42. The van der Waals surface area contributed by atoms with E-state index in [2.05, 4.69) is 76.4 Å². The monoisotopic (exact) mass is 1190 g/mol. The van der Waals surface area contributed by atoms with Gasteiger partial charge in [-0.1, -0.05) is 62.6 Å². The van der Waals surface area contributed by atoms with Gasteiger partial charge < -0.3 is 19.7 Å². The van der Waals surface area contributed by atoms with Crippen LogP contribution in [0.1, 0.15) is 163 Å². The number of hydrogen-bond acceptors (Lipinski definition) is 14. The molecule has 0 radical (unpaired) electrons. The topological polar surface area (TPSA) is 222 Å². The average Bonchev–Trinajstić information content (AvgIpc) is 4.12. The van der Waals surface area contributed by atoms with E-state index in [9.17, 15) is 26.4 Å². The number of sulfonamides is 2. The van der Waals surface area contributed by atoms with Crippen LogP contribution in [-0.4, -0.2) is 95.6 Å². The van der Waals surface area contributed by atoms with Crippen molar-refractivity contribution in [1.29, 1.82) is 0 Å². The molecule has 4 bridgehead atoms. The van der Waals surface area contributed by atoms with Gasteiger partial charge in [0.15, 0.2) is 11.6 Å². The molecule has 4 aliphatic heterocycles. The van der Waals surface area contributed by atoms with E-state index in [1.54, 1.807) is 65.6 Å². The predicted octanol–water partition coefficient (Wildman–Crippen LogP) is 11.0. The summed E-state index contributed by atoms with van der Waals surface area (Å²) in [6.45, 7) is 16.4. The molecule has 6 aromatic rings. The smallest absolute Gasteiger partial charge is 0.268 e. The van der Waals surface area contributed by atoms with Gasteiger partial charge in [0.05, 0.1) is 34.1 Å². The summed E-state index contributed by atoms with van der Waals surface area (Å²) in [4.78, 5) is 37.8. The second kappa shape index (κ2) is 24.3. The number of pyridine rings is 2. The largest absolute Gasteiger partial charge is 0.477 e. The molecule has 8 heterocycles. The predicted molar refractivity (Wildman–Crippen MR) is 320 cm³/mol. The van der Waals surface area contributed by atoms with E-state index < -0.39 is 31.9 Å². The molecule has 83 heavy (non-hydrogen) atoms. The van der Waals surface area contributed by atoms with E-state index in [0.717, 1.165) is 94.3 Å². The number of rotatable bonds is 18. The fraction of sp³-hybridized carbons (Fsp3) is 0.516. The zero-order valence-electron chi connectivity index (χ0n) is 48.6. The minimum Gasteiger partial charge on any atom is -0.477 e. The van der Waals surface area contributed by atoms with Crippen LogP contribution in [0.5, 0.6) is 11.8 Å². The first-order valence-electron chi connectivity index (χ1n) is 29.3. The molecule has 2 unspecified atom stereocenters. The first-order valence-corrected chi connectivity index (χ1v) is 32.7. The molecule has 2 saturated heterocycles. The Hall–Kier alpha value is -6.35. The van der Waals surface area contributed by atoms with Crippen molar-refractivity contribution in [2.75, 3.05) is 31.2 Å². The van der Waals surface area contributed by atoms with Crippen molar-refractivity contribution in [3.8, 4) is 23.4 Å². The van der Waals surface area contributed by atoms with Gasteiger partial charge in [0.2, 0.25) is 11.8 Å². The molecule has 2 aliphatic carbocycles. The summed E-state index contributed by atoms with van der Waals surface area (Å²) in [6.07, 6.45) is 21.0. The number of aromatic nitrogens is 6. The molecule has 12 rings (SSSR count). The lowest BCUT2D eigenvalue weighted by molar-refractivity contribution is 0.0972. The van der Waals surface area contributed by atoms with Crippen molar-refractivity contribution in [2.24, 2.45) is 22.7 Å². The van der Waals surface area contributed by atoms with Crippen molar-refractivity contribution >= 4 is 49.3 Å². The Morgan fingerprint density at radius 1 is 0.771 bits per heavy atom. The third-order valence-electron chi connectivity index (χ3n) is 17.4. The molecule has 21 heteroatoms. The lowest BCUT2D eigenvalue weighted by Gasteiger charge is -2.34. The van der Waals surface area contributed by atoms with Crippen LogP contribution in [0.3, 0.4) is 0 Å². The van der Waals surface area contributed by atoms with Crippen LogP contribution in [0, 0.1) is 22.7 Å². The van der Waals surface area contributed by atoms with Gasteiger partial charge in [0, 0.05) is 42.1 Å². The van der Waals surface area contributed by atoms with Crippen LogP contribution in [0.4, 0.5) is 5.82 Å². The molecule has 4 aromatic heterocycles. The van der Waals surface area contributed by atoms with Crippen molar-refractivity contribution < 1.29 is 35.9 Å². The van der Waals surface area contributed by atoms with Gasteiger partial charge in [-0.25, -0.2) is 45.6 Å². The molecule has 6 aliphatic rings. The number of nitrogens with zero attached hydrogens (tertiary/aromatic N) is 7.